The average Bonchev–Trinajstić information content (AvgIpc) is 2.62. The maximum atomic E-state index is 11.5. The van der Waals surface area contributed by atoms with Crippen LogP contribution < -0.4 is 16.4 Å². The van der Waals surface area contributed by atoms with Crippen LogP contribution in [0.5, 0.6) is 0 Å². The minimum Gasteiger partial charge on any atom is -0.395 e. The molecule has 5 heteroatoms. The lowest BCUT2D eigenvalue weighted by molar-refractivity contribution is -0.117. The summed E-state index contributed by atoms with van der Waals surface area (Å²) in [7, 11) is 1.76. The molecule has 1 aromatic rings. The van der Waals surface area contributed by atoms with E-state index in [-0.39, 0.29) is 12.5 Å². The van der Waals surface area contributed by atoms with Crippen LogP contribution in [0.3, 0.4) is 0 Å². The summed E-state index contributed by atoms with van der Waals surface area (Å²) >= 11 is 0. The van der Waals surface area contributed by atoms with E-state index < -0.39 is 12.1 Å². The summed E-state index contributed by atoms with van der Waals surface area (Å²) in [4.78, 5) is 13.2. The van der Waals surface area contributed by atoms with Crippen LogP contribution in [-0.2, 0) is 11.2 Å². The van der Waals surface area contributed by atoms with Gasteiger partial charge in [-0.15, -0.1) is 0 Å². The van der Waals surface area contributed by atoms with Gasteiger partial charge in [0.05, 0.1) is 13.0 Å². The quantitative estimate of drug-likeness (QED) is 0.660. The van der Waals surface area contributed by atoms with Crippen molar-refractivity contribution in [3.8, 4) is 0 Å². The van der Waals surface area contributed by atoms with Crippen molar-refractivity contribution >= 4 is 11.6 Å². The highest BCUT2D eigenvalue weighted by Crippen LogP contribution is 2.30. The SMILES string of the molecule is CN1C(=O)Cc2cc(C(N)C(N)CO)ccc21. The number of nitrogens with two attached hydrogens (primary N) is 2. The number of anilines is 1. The molecule has 0 bridgehead atoms. The summed E-state index contributed by atoms with van der Waals surface area (Å²) in [6, 6.07) is 4.74. The Labute approximate surface area is 100 Å². The number of rotatable bonds is 3. The molecular weight excluding hydrogens is 218 g/mol. The zero-order chi connectivity index (χ0) is 12.6. The fourth-order valence-electron chi connectivity index (χ4n) is 2.06. The Kier molecular flexibility index (Phi) is 3.15. The zero-order valence-corrected chi connectivity index (χ0v) is 9.76. The smallest absolute Gasteiger partial charge is 0.231 e. The maximum Gasteiger partial charge on any atom is 0.231 e. The van der Waals surface area contributed by atoms with E-state index in [0.29, 0.717) is 6.42 Å². The van der Waals surface area contributed by atoms with Crippen LogP contribution in [0, 0.1) is 0 Å². The third kappa shape index (κ3) is 2.04. The fraction of sp³-hybridized carbons (Fsp3) is 0.417. The number of amides is 1. The van der Waals surface area contributed by atoms with Gasteiger partial charge >= 0.3 is 0 Å². The van der Waals surface area contributed by atoms with E-state index in [2.05, 4.69) is 0 Å². The molecule has 1 aliphatic heterocycles. The molecule has 5 N–H and O–H groups in total. The van der Waals surface area contributed by atoms with Crippen LogP contribution in [0.2, 0.25) is 0 Å². The number of carbonyl (C=O) groups excluding carboxylic acids is 1. The molecule has 92 valence electrons. The van der Waals surface area contributed by atoms with Crippen molar-refractivity contribution in [3.63, 3.8) is 0 Å². The van der Waals surface area contributed by atoms with Crippen LogP contribution in [0.4, 0.5) is 5.69 Å². The van der Waals surface area contributed by atoms with E-state index in [1.165, 1.54) is 0 Å². The van der Waals surface area contributed by atoms with Crippen LogP contribution in [-0.4, -0.2) is 30.7 Å². The monoisotopic (exact) mass is 235 g/mol. The molecule has 17 heavy (non-hydrogen) atoms. The summed E-state index contributed by atoms with van der Waals surface area (Å²) < 4.78 is 0. The third-order valence-electron chi connectivity index (χ3n) is 3.24. The number of aliphatic hydroxyl groups is 1. The van der Waals surface area contributed by atoms with Crippen molar-refractivity contribution in [1.82, 2.24) is 0 Å². The van der Waals surface area contributed by atoms with Gasteiger partial charge in [0.1, 0.15) is 0 Å². The first kappa shape index (κ1) is 12.0. The zero-order valence-electron chi connectivity index (χ0n) is 9.76. The van der Waals surface area contributed by atoms with Crippen LogP contribution >= 0.6 is 0 Å². The van der Waals surface area contributed by atoms with Gasteiger partial charge in [0.2, 0.25) is 5.91 Å². The molecule has 1 aromatic carbocycles. The number of likely N-dealkylation sites (N-methyl/N-ethyl adjacent to an activating group) is 1. The molecule has 5 nitrogen and oxygen atoms in total. The van der Waals surface area contributed by atoms with Gasteiger partial charge < -0.3 is 21.5 Å². The Bertz CT molecular complexity index is 447. The molecule has 1 aliphatic rings. The lowest BCUT2D eigenvalue weighted by Crippen LogP contribution is -2.37. The highest BCUT2D eigenvalue weighted by Gasteiger charge is 2.25. The van der Waals surface area contributed by atoms with E-state index in [1.54, 1.807) is 11.9 Å². The number of hydrogen-bond acceptors (Lipinski definition) is 4. The summed E-state index contributed by atoms with van der Waals surface area (Å²) in [6.45, 7) is -0.156. The molecular formula is C12H17N3O2. The molecule has 0 saturated carbocycles. The topological polar surface area (TPSA) is 92.6 Å². The van der Waals surface area contributed by atoms with E-state index in [4.69, 9.17) is 16.6 Å². The highest BCUT2D eigenvalue weighted by molar-refractivity contribution is 6.00. The molecule has 2 unspecified atom stereocenters. The first-order chi connectivity index (χ1) is 8.04. The van der Waals surface area contributed by atoms with Gasteiger partial charge in [0, 0.05) is 24.8 Å². The molecule has 2 rings (SSSR count). The van der Waals surface area contributed by atoms with E-state index in [1.807, 2.05) is 18.2 Å². The number of nitrogens with zero attached hydrogens (tertiary/aromatic N) is 1. The van der Waals surface area contributed by atoms with Gasteiger partial charge in [-0.2, -0.15) is 0 Å². The minimum atomic E-state index is -0.483. The second-order valence-corrected chi connectivity index (χ2v) is 4.39. The lowest BCUT2D eigenvalue weighted by atomic mass is 9.98. The number of hydrogen-bond donors (Lipinski definition) is 3. The fourth-order valence-corrected chi connectivity index (χ4v) is 2.06. The second-order valence-electron chi connectivity index (χ2n) is 4.39. The van der Waals surface area contributed by atoms with Crippen molar-refractivity contribution in [3.05, 3.63) is 29.3 Å². The van der Waals surface area contributed by atoms with Gasteiger partial charge in [-0.3, -0.25) is 4.79 Å². The molecule has 0 saturated heterocycles. The summed E-state index contributed by atoms with van der Waals surface area (Å²) in [5.41, 5.74) is 14.4. The Morgan fingerprint density at radius 1 is 1.47 bits per heavy atom. The molecule has 1 heterocycles. The number of fused-ring (bicyclic) bond motifs is 1. The standard InChI is InChI=1S/C12H17N3O2/c1-15-10-3-2-7(12(14)9(13)6-16)4-8(10)5-11(15)17/h2-4,9,12,16H,5-6,13-14H2,1H3. The molecule has 0 fully saturated rings. The summed E-state index contributed by atoms with van der Waals surface area (Å²) in [5.74, 6) is 0.0807. The third-order valence-corrected chi connectivity index (χ3v) is 3.24. The first-order valence-electron chi connectivity index (χ1n) is 5.56. The minimum absolute atomic E-state index is 0.0807. The summed E-state index contributed by atoms with van der Waals surface area (Å²) in [5, 5.41) is 8.98. The number of benzene rings is 1. The number of carbonyl (C=O) groups is 1. The molecule has 2 atom stereocenters. The van der Waals surface area contributed by atoms with Gasteiger partial charge in [-0.05, 0) is 17.2 Å². The largest absolute Gasteiger partial charge is 0.395 e. The summed E-state index contributed by atoms with van der Waals surface area (Å²) in [6.07, 6.45) is 0.404. The number of aliphatic hydroxyl groups excluding tert-OH is 1. The first-order valence-corrected chi connectivity index (χ1v) is 5.56. The predicted molar refractivity (Wildman–Crippen MR) is 65.5 cm³/mol. The van der Waals surface area contributed by atoms with Crippen molar-refractivity contribution in [2.24, 2.45) is 11.5 Å². The maximum absolute atomic E-state index is 11.5. The molecule has 0 spiro atoms. The Morgan fingerprint density at radius 3 is 2.82 bits per heavy atom. The van der Waals surface area contributed by atoms with E-state index in [9.17, 15) is 4.79 Å². The second kappa shape index (κ2) is 4.44. The van der Waals surface area contributed by atoms with Crippen molar-refractivity contribution in [2.45, 2.75) is 18.5 Å². The van der Waals surface area contributed by atoms with Gasteiger partial charge in [0.15, 0.2) is 0 Å². The highest BCUT2D eigenvalue weighted by atomic mass is 16.3. The molecule has 0 radical (unpaired) electrons. The van der Waals surface area contributed by atoms with Crippen molar-refractivity contribution in [2.75, 3.05) is 18.6 Å². The Morgan fingerprint density at radius 2 is 2.18 bits per heavy atom. The van der Waals surface area contributed by atoms with Crippen LogP contribution in [0.1, 0.15) is 17.2 Å². The Hall–Kier alpha value is -1.43. The molecule has 1 amide bonds. The van der Waals surface area contributed by atoms with Crippen molar-refractivity contribution in [1.29, 1.82) is 0 Å². The van der Waals surface area contributed by atoms with Gasteiger partial charge in [-0.25, -0.2) is 0 Å². The van der Waals surface area contributed by atoms with Crippen molar-refractivity contribution < 1.29 is 9.90 Å². The van der Waals surface area contributed by atoms with Crippen LogP contribution in [0.15, 0.2) is 18.2 Å². The predicted octanol–water partition coefficient (Wildman–Crippen LogP) is -0.475. The molecule has 0 aliphatic carbocycles. The van der Waals surface area contributed by atoms with Crippen LogP contribution in [0.25, 0.3) is 0 Å². The average molecular weight is 235 g/mol. The van der Waals surface area contributed by atoms with E-state index in [0.717, 1.165) is 16.8 Å². The van der Waals surface area contributed by atoms with Gasteiger partial charge in [0.25, 0.3) is 0 Å². The van der Waals surface area contributed by atoms with E-state index >= 15 is 0 Å². The normalized spacial score (nSPS) is 18.1. The van der Waals surface area contributed by atoms with Gasteiger partial charge in [-0.1, -0.05) is 12.1 Å². The molecule has 0 aromatic heterocycles. The Balaban J connectivity index is 2.30. The lowest BCUT2D eigenvalue weighted by Gasteiger charge is -2.19.